The number of thioether (sulfide) groups is 1. The molecule has 3 aromatic carbocycles. The molecule has 0 atom stereocenters. The van der Waals surface area contributed by atoms with Gasteiger partial charge < -0.3 is 15.4 Å². The van der Waals surface area contributed by atoms with Gasteiger partial charge in [0, 0.05) is 26.6 Å². The zero-order valence-corrected chi connectivity index (χ0v) is 21.6. The van der Waals surface area contributed by atoms with Gasteiger partial charge >= 0.3 is 0 Å². The number of anilines is 1. The van der Waals surface area contributed by atoms with Crippen molar-refractivity contribution in [1.82, 2.24) is 5.32 Å². The lowest BCUT2D eigenvalue weighted by Gasteiger charge is -2.12. The summed E-state index contributed by atoms with van der Waals surface area (Å²) in [5.74, 6) is 0.112. The van der Waals surface area contributed by atoms with Gasteiger partial charge in [0.15, 0.2) is 5.78 Å². The molecule has 0 saturated carbocycles. The zero-order chi connectivity index (χ0) is 26.0. The standard InChI is InChI=1S/C29H24N2O4S2/c1-35-23-14-12-20(13-15-23)27(32)19-37-24-10-5-9-22(17-24)30-29(34)26(18-25-11-6-16-36-25)31-28(33)21-7-3-2-4-8-21/h2-18H,19H2,1H3,(H,30,34)(H,31,33)/b26-18-. The van der Waals surface area contributed by atoms with Crippen molar-refractivity contribution in [3.63, 3.8) is 0 Å². The molecular formula is C29H24N2O4S2. The number of hydrogen-bond donors (Lipinski definition) is 2. The lowest BCUT2D eigenvalue weighted by molar-refractivity contribution is -0.113. The van der Waals surface area contributed by atoms with E-state index in [1.165, 1.54) is 23.1 Å². The highest BCUT2D eigenvalue weighted by molar-refractivity contribution is 8.00. The number of methoxy groups -OCH3 is 1. The third kappa shape index (κ3) is 7.42. The molecule has 0 bridgehead atoms. The first kappa shape index (κ1) is 25.9. The largest absolute Gasteiger partial charge is 0.497 e. The van der Waals surface area contributed by atoms with Gasteiger partial charge in [0.1, 0.15) is 11.4 Å². The number of rotatable bonds is 10. The zero-order valence-electron chi connectivity index (χ0n) is 20.0. The minimum absolute atomic E-state index is 0.00752. The summed E-state index contributed by atoms with van der Waals surface area (Å²) in [6.45, 7) is 0. The number of hydrogen-bond acceptors (Lipinski definition) is 6. The Balaban J connectivity index is 1.43. The number of carbonyl (C=O) groups excluding carboxylic acids is 3. The van der Waals surface area contributed by atoms with Crippen LogP contribution in [-0.4, -0.2) is 30.5 Å². The minimum Gasteiger partial charge on any atom is -0.497 e. The average molecular weight is 529 g/mol. The number of ketones is 1. The average Bonchev–Trinajstić information content (AvgIpc) is 3.45. The fourth-order valence-corrected chi connectivity index (χ4v) is 4.84. The van der Waals surface area contributed by atoms with E-state index in [1.54, 1.807) is 79.9 Å². The molecule has 1 aromatic heterocycles. The molecule has 0 aliphatic rings. The number of Topliss-reactive ketones (excluding diaryl/α,β-unsaturated/α-hetero) is 1. The van der Waals surface area contributed by atoms with Crippen LogP contribution in [0.25, 0.3) is 6.08 Å². The molecule has 8 heteroatoms. The molecule has 2 amide bonds. The van der Waals surface area contributed by atoms with Crippen LogP contribution in [0.2, 0.25) is 0 Å². The van der Waals surface area contributed by atoms with Crippen LogP contribution in [0.5, 0.6) is 5.75 Å². The number of thiophene rings is 1. The molecule has 0 saturated heterocycles. The Bertz CT molecular complexity index is 1400. The quantitative estimate of drug-likeness (QED) is 0.147. The van der Waals surface area contributed by atoms with E-state index in [2.05, 4.69) is 10.6 Å². The normalized spacial score (nSPS) is 11.0. The summed E-state index contributed by atoms with van der Waals surface area (Å²) in [6, 6.07) is 26.7. The SMILES string of the molecule is COc1ccc(C(=O)CSc2cccc(NC(=O)/C(=C/c3cccs3)NC(=O)c3ccccc3)c2)cc1. The topological polar surface area (TPSA) is 84.5 Å². The fourth-order valence-electron chi connectivity index (χ4n) is 3.33. The molecule has 4 aromatic rings. The second-order valence-electron chi connectivity index (χ2n) is 7.82. The Hall–Kier alpha value is -4.14. The van der Waals surface area contributed by atoms with Gasteiger partial charge in [-0.1, -0.05) is 30.3 Å². The number of ether oxygens (including phenoxy) is 1. The van der Waals surface area contributed by atoms with Crippen molar-refractivity contribution in [2.75, 3.05) is 18.2 Å². The second kappa shape index (κ2) is 12.7. The maximum absolute atomic E-state index is 13.2. The van der Waals surface area contributed by atoms with Gasteiger partial charge in [-0.25, -0.2) is 0 Å². The monoisotopic (exact) mass is 528 g/mol. The molecule has 0 unspecified atom stereocenters. The van der Waals surface area contributed by atoms with E-state index >= 15 is 0 Å². The molecule has 1 heterocycles. The van der Waals surface area contributed by atoms with Crippen molar-refractivity contribution in [2.24, 2.45) is 0 Å². The smallest absolute Gasteiger partial charge is 0.272 e. The minimum atomic E-state index is -0.450. The maximum Gasteiger partial charge on any atom is 0.272 e. The summed E-state index contributed by atoms with van der Waals surface area (Å²) in [5, 5.41) is 7.48. The van der Waals surface area contributed by atoms with Crippen LogP contribution < -0.4 is 15.4 Å². The third-order valence-corrected chi connectivity index (χ3v) is 7.05. The van der Waals surface area contributed by atoms with Crippen LogP contribution in [0, 0.1) is 0 Å². The summed E-state index contributed by atoms with van der Waals surface area (Å²) < 4.78 is 5.13. The third-order valence-electron chi connectivity index (χ3n) is 5.23. The van der Waals surface area contributed by atoms with E-state index in [4.69, 9.17) is 4.74 Å². The first-order valence-corrected chi connectivity index (χ1v) is 13.2. The van der Waals surface area contributed by atoms with Gasteiger partial charge in [0.05, 0.1) is 12.9 Å². The lowest BCUT2D eigenvalue weighted by Crippen LogP contribution is -2.30. The van der Waals surface area contributed by atoms with Crippen LogP contribution >= 0.6 is 23.1 Å². The second-order valence-corrected chi connectivity index (χ2v) is 9.84. The van der Waals surface area contributed by atoms with Gasteiger partial charge in [-0.05, 0) is 72.1 Å². The van der Waals surface area contributed by atoms with E-state index in [9.17, 15) is 14.4 Å². The number of nitrogens with one attached hydrogen (secondary N) is 2. The number of benzene rings is 3. The van der Waals surface area contributed by atoms with E-state index in [0.717, 1.165) is 9.77 Å². The van der Waals surface area contributed by atoms with Crippen molar-refractivity contribution in [1.29, 1.82) is 0 Å². The highest BCUT2D eigenvalue weighted by Gasteiger charge is 2.16. The summed E-state index contributed by atoms with van der Waals surface area (Å²) >= 11 is 2.84. The molecule has 0 aliphatic carbocycles. The van der Waals surface area contributed by atoms with Crippen LogP contribution in [0.3, 0.4) is 0 Å². The summed E-state index contributed by atoms with van der Waals surface area (Å²) in [6.07, 6.45) is 1.65. The molecule has 0 spiro atoms. The first-order valence-electron chi connectivity index (χ1n) is 11.3. The number of amides is 2. The van der Waals surface area contributed by atoms with Gasteiger partial charge in [0.25, 0.3) is 11.8 Å². The Kier molecular flexibility index (Phi) is 8.91. The van der Waals surface area contributed by atoms with E-state index in [1.807, 2.05) is 29.6 Å². The van der Waals surface area contributed by atoms with Crippen molar-refractivity contribution >= 4 is 52.5 Å². The predicted octanol–water partition coefficient (Wildman–Crippen LogP) is 6.14. The van der Waals surface area contributed by atoms with Crippen LogP contribution in [0.4, 0.5) is 5.69 Å². The maximum atomic E-state index is 13.2. The van der Waals surface area contributed by atoms with Crippen LogP contribution in [-0.2, 0) is 4.79 Å². The van der Waals surface area contributed by atoms with Crippen molar-refractivity contribution in [3.8, 4) is 5.75 Å². The van der Waals surface area contributed by atoms with Gasteiger partial charge in [0.2, 0.25) is 0 Å². The van der Waals surface area contributed by atoms with Crippen LogP contribution in [0.15, 0.2) is 107 Å². The molecule has 0 fully saturated rings. The molecule has 2 N–H and O–H groups in total. The Labute approximate surface area is 223 Å². The van der Waals surface area contributed by atoms with E-state index in [0.29, 0.717) is 22.6 Å². The molecule has 0 aliphatic heterocycles. The highest BCUT2D eigenvalue weighted by Crippen LogP contribution is 2.24. The Morgan fingerprint density at radius 3 is 2.38 bits per heavy atom. The van der Waals surface area contributed by atoms with Crippen molar-refractivity contribution in [2.45, 2.75) is 4.90 Å². The molecule has 4 rings (SSSR count). The van der Waals surface area contributed by atoms with E-state index < -0.39 is 5.91 Å². The molecule has 0 radical (unpaired) electrons. The van der Waals surface area contributed by atoms with E-state index in [-0.39, 0.29) is 23.1 Å². The predicted molar refractivity (Wildman–Crippen MR) is 149 cm³/mol. The highest BCUT2D eigenvalue weighted by atomic mass is 32.2. The van der Waals surface area contributed by atoms with Crippen LogP contribution in [0.1, 0.15) is 25.6 Å². The Morgan fingerprint density at radius 2 is 1.68 bits per heavy atom. The Morgan fingerprint density at radius 1 is 0.892 bits per heavy atom. The van der Waals surface area contributed by atoms with Gasteiger partial charge in [-0.15, -0.1) is 23.1 Å². The summed E-state index contributed by atoms with van der Waals surface area (Å²) in [5.41, 5.74) is 1.74. The van der Waals surface area contributed by atoms with Gasteiger partial charge in [-0.2, -0.15) is 0 Å². The van der Waals surface area contributed by atoms with Gasteiger partial charge in [-0.3, -0.25) is 14.4 Å². The number of carbonyl (C=O) groups is 3. The first-order chi connectivity index (χ1) is 18.0. The summed E-state index contributed by atoms with van der Waals surface area (Å²) in [7, 11) is 1.58. The molecule has 186 valence electrons. The molecule has 37 heavy (non-hydrogen) atoms. The van der Waals surface area contributed by atoms with Crippen molar-refractivity contribution < 1.29 is 19.1 Å². The molecular weight excluding hydrogens is 504 g/mol. The molecule has 6 nitrogen and oxygen atoms in total. The fraction of sp³-hybridized carbons (Fsp3) is 0.0690. The lowest BCUT2D eigenvalue weighted by atomic mass is 10.1. The van der Waals surface area contributed by atoms with Crippen molar-refractivity contribution in [3.05, 3.63) is 118 Å². The summed E-state index contributed by atoms with van der Waals surface area (Å²) in [4.78, 5) is 40.1.